The van der Waals surface area contributed by atoms with Crippen LogP contribution in [0.4, 0.5) is 5.69 Å². The van der Waals surface area contributed by atoms with Crippen molar-refractivity contribution in [3.63, 3.8) is 0 Å². The Kier molecular flexibility index (Phi) is 3.33. The quantitative estimate of drug-likeness (QED) is 0.915. The molecule has 2 N–H and O–H groups in total. The van der Waals surface area contributed by atoms with E-state index in [0.717, 1.165) is 21.3 Å². The van der Waals surface area contributed by atoms with Gasteiger partial charge >= 0.3 is 0 Å². The first-order chi connectivity index (χ1) is 8.06. The summed E-state index contributed by atoms with van der Waals surface area (Å²) in [6.45, 7) is 4.06. The van der Waals surface area contributed by atoms with E-state index in [-0.39, 0.29) is 0 Å². The molecule has 0 saturated heterocycles. The van der Waals surface area contributed by atoms with E-state index >= 15 is 0 Å². The lowest BCUT2D eigenvalue weighted by atomic mass is 10.1. The fourth-order valence-electron chi connectivity index (χ4n) is 1.59. The second-order valence-electron chi connectivity index (χ2n) is 3.93. The Labute approximate surface area is 109 Å². The highest BCUT2D eigenvalue weighted by Gasteiger charge is 2.04. The largest absolute Gasteiger partial charge is 0.456 e. The van der Waals surface area contributed by atoms with Crippen LogP contribution in [0, 0.1) is 13.8 Å². The van der Waals surface area contributed by atoms with Crippen molar-refractivity contribution in [2.24, 2.45) is 0 Å². The number of halogens is 1. The van der Waals surface area contributed by atoms with Gasteiger partial charge in [-0.05, 0) is 37.1 Å². The van der Waals surface area contributed by atoms with Gasteiger partial charge in [-0.2, -0.15) is 0 Å². The van der Waals surface area contributed by atoms with Gasteiger partial charge in [0.1, 0.15) is 11.5 Å². The maximum absolute atomic E-state index is 5.71. The second kappa shape index (κ2) is 4.75. The molecule has 0 aliphatic heterocycles. The lowest BCUT2D eigenvalue weighted by Crippen LogP contribution is -1.91. The van der Waals surface area contributed by atoms with Crippen molar-refractivity contribution >= 4 is 21.6 Å². The normalized spacial score (nSPS) is 10.3. The van der Waals surface area contributed by atoms with Gasteiger partial charge in [0.2, 0.25) is 0 Å². The molecule has 0 radical (unpaired) electrons. The Morgan fingerprint density at radius 2 is 1.71 bits per heavy atom. The summed E-state index contributed by atoms with van der Waals surface area (Å²) >= 11 is 3.52. The predicted molar refractivity (Wildman–Crippen MR) is 72.3 cm³/mol. The van der Waals surface area contributed by atoms with Crippen molar-refractivity contribution in [2.75, 3.05) is 5.73 Å². The maximum Gasteiger partial charge on any atom is 0.147 e. The average molecular weight is 293 g/mol. The Hall–Kier alpha value is -1.55. The summed E-state index contributed by atoms with van der Waals surface area (Å²) < 4.78 is 6.82. The van der Waals surface area contributed by atoms with Gasteiger partial charge in [0.25, 0.3) is 0 Å². The van der Waals surface area contributed by atoms with Gasteiger partial charge in [-0.3, -0.25) is 4.98 Å². The minimum Gasteiger partial charge on any atom is -0.456 e. The molecule has 2 aromatic rings. The second-order valence-corrected chi connectivity index (χ2v) is 4.72. The molecule has 1 heterocycles. The third kappa shape index (κ3) is 2.77. The molecule has 0 fully saturated rings. The number of nitrogens with two attached hydrogens (primary N) is 1. The first-order valence-electron chi connectivity index (χ1n) is 5.21. The molecule has 1 aromatic heterocycles. The number of hydrogen-bond acceptors (Lipinski definition) is 3. The first-order valence-corrected chi connectivity index (χ1v) is 6.00. The van der Waals surface area contributed by atoms with E-state index in [2.05, 4.69) is 20.9 Å². The molecule has 0 amide bonds. The molecular formula is C13H13BrN2O. The molecule has 0 spiro atoms. The van der Waals surface area contributed by atoms with Gasteiger partial charge in [0, 0.05) is 10.5 Å². The minimum absolute atomic E-state index is 0.591. The number of aryl methyl sites for hydroxylation is 2. The lowest BCUT2D eigenvalue weighted by molar-refractivity contribution is 0.479. The number of nitrogens with zero attached hydrogens (tertiary/aromatic N) is 1. The number of rotatable bonds is 2. The van der Waals surface area contributed by atoms with E-state index in [1.54, 1.807) is 18.5 Å². The summed E-state index contributed by atoms with van der Waals surface area (Å²) in [5, 5.41) is 0. The van der Waals surface area contributed by atoms with Crippen LogP contribution in [0.1, 0.15) is 11.1 Å². The third-order valence-corrected chi connectivity index (χ3v) is 3.63. The third-order valence-electron chi connectivity index (χ3n) is 2.38. The molecule has 4 heteroatoms. The summed E-state index contributed by atoms with van der Waals surface area (Å²) in [6.07, 6.45) is 3.23. The molecule has 0 unspecified atom stereocenters. The molecule has 0 aliphatic carbocycles. The van der Waals surface area contributed by atoms with Crippen molar-refractivity contribution in [3.05, 3.63) is 46.2 Å². The van der Waals surface area contributed by atoms with Crippen LogP contribution in [-0.4, -0.2) is 4.98 Å². The zero-order valence-corrected chi connectivity index (χ0v) is 11.3. The van der Waals surface area contributed by atoms with E-state index in [0.29, 0.717) is 11.4 Å². The Morgan fingerprint density at radius 3 is 2.29 bits per heavy atom. The molecular weight excluding hydrogens is 280 g/mol. The van der Waals surface area contributed by atoms with Gasteiger partial charge in [-0.15, -0.1) is 0 Å². The van der Waals surface area contributed by atoms with Crippen LogP contribution < -0.4 is 10.5 Å². The van der Waals surface area contributed by atoms with Gasteiger partial charge < -0.3 is 10.5 Å². The van der Waals surface area contributed by atoms with Crippen LogP contribution in [0.15, 0.2) is 35.1 Å². The van der Waals surface area contributed by atoms with E-state index in [1.807, 2.05) is 26.0 Å². The summed E-state index contributed by atoms with van der Waals surface area (Å²) in [6, 6.07) is 5.69. The highest BCUT2D eigenvalue weighted by Crippen LogP contribution is 2.29. The number of nitrogen functional groups attached to an aromatic ring is 1. The van der Waals surface area contributed by atoms with Crippen molar-refractivity contribution in [2.45, 2.75) is 13.8 Å². The SMILES string of the molecule is Cc1cc(Oc2cncc(N)c2)cc(C)c1Br. The smallest absolute Gasteiger partial charge is 0.147 e. The summed E-state index contributed by atoms with van der Waals surface area (Å²) in [5.74, 6) is 1.43. The number of ether oxygens (including phenoxy) is 1. The number of hydrogen-bond donors (Lipinski definition) is 1. The fraction of sp³-hybridized carbons (Fsp3) is 0.154. The molecule has 2 rings (SSSR count). The fourth-order valence-corrected chi connectivity index (χ4v) is 1.82. The van der Waals surface area contributed by atoms with E-state index < -0.39 is 0 Å². The van der Waals surface area contributed by atoms with Gasteiger partial charge in [-0.1, -0.05) is 15.9 Å². The average Bonchev–Trinajstić information content (AvgIpc) is 2.26. The molecule has 0 saturated carbocycles. The van der Waals surface area contributed by atoms with Gasteiger partial charge in [0.05, 0.1) is 18.1 Å². The summed E-state index contributed by atoms with van der Waals surface area (Å²) in [4.78, 5) is 3.98. The van der Waals surface area contributed by atoms with E-state index in [9.17, 15) is 0 Å². The van der Waals surface area contributed by atoms with Crippen LogP contribution in [0.2, 0.25) is 0 Å². The van der Waals surface area contributed by atoms with Crippen LogP contribution in [0.3, 0.4) is 0 Å². The molecule has 3 nitrogen and oxygen atoms in total. The van der Waals surface area contributed by atoms with Crippen LogP contribution in [-0.2, 0) is 0 Å². The zero-order valence-electron chi connectivity index (χ0n) is 9.70. The minimum atomic E-state index is 0.591. The topological polar surface area (TPSA) is 48.1 Å². The highest BCUT2D eigenvalue weighted by molar-refractivity contribution is 9.10. The monoisotopic (exact) mass is 292 g/mol. The molecule has 0 atom stereocenters. The standard InChI is InChI=1S/C13H13BrN2O/c1-8-3-11(4-9(2)13(8)14)17-12-5-10(15)6-16-7-12/h3-7H,15H2,1-2H3. The van der Waals surface area contributed by atoms with Crippen molar-refractivity contribution in [3.8, 4) is 11.5 Å². The number of pyridine rings is 1. The number of aromatic nitrogens is 1. The van der Waals surface area contributed by atoms with E-state index in [1.165, 1.54) is 0 Å². The molecule has 88 valence electrons. The summed E-state index contributed by atoms with van der Waals surface area (Å²) in [5.41, 5.74) is 8.51. The Bertz CT molecular complexity index is 532. The first kappa shape index (κ1) is 11.9. The zero-order chi connectivity index (χ0) is 12.4. The highest BCUT2D eigenvalue weighted by atomic mass is 79.9. The molecule has 0 bridgehead atoms. The van der Waals surface area contributed by atoms with Crippen molar-refractivity contribution < 1.29 is 4.74 Å². The predicted octanol–water partition coefficient (Wildman–Crippen LogP) is 3.84. The Morgan fingerprint density at radius 1 is 1.06 bits per heavy atom. The molecule has 1 aromatic carbocycles. The van der Waals surface area contributed by atoms with Gasteiger partial charge in [-0.25, -0.2) is 0 Å². The van der Waals surface area contributed by atoms with Gasteiger partial charge in [0.15, 0.2) is 0 Å². The maximum atomic E-state index is 5.71. The lowest BCUT2D eigenvalue weighted by Gasteiger charge is -2.09. The van der Waals surface area contributed by atoms with Crippen LogP contribution in [0.25, 0.3) is 0 Å². The van der Waals surface area contributed by atoms with Crippen LogP contribution in [0.5, 0.6) is 11.5 Å². The van der Waals surface area contributed by atoms with E-state index in [4.69, 9.17) is 10.5 Å². The van der Waals surface area contributed by atoms with Crippen molar-refractivity contribution in [1.29, 1.82) is 0 Å². The molecule has 17 heavy (non-hydrogen) atoms. The number of anilines is 1. The number of benzene rings is 1. The van der Waals surface area contributed by atoms with Crippen LogP contribution >= 0.6 is 15.9 Å². The van der Waals surface area contributed by atoms with Crippen molar-refractivity contribution in [1.82, 2.24) is 4.98 Å². The Balaban J connectivity index is 2.31. The summed E-state index contributed by atoms with van der Waals surface area (Å²) in [7, 11) is 0. The molecule has 0 aliphatic rings.